The fourth-order valence-electron chi connectivity index (χ4n) is 2.91. The van der Waals surface area contributed by atoms with Crippen LogP contribution in [0.25, 0.3) is 0 Å². The molecule has 0 heterocycles. The molecule has 0 aromatic heterocycles. The van der Waals surface area contributed by atoms with Gasteiger partial charge in [-0.25, -0.2) is 21.2 Å². The second-order valence-corrected chi connectivity index (χ2v) is 11.5. The minimum absolute atomic E-state index is 0.00807. The van der Waals surface area contributed by atoms with Gasteiger partial charge in [-0.1, -0.05) is 29.3 Å². The predicted molar refractivity (Wildman–Crippen MR) is 131 cm³/mol. The molecule has 0 bridgehead atoms. The molecule has 0 atom stereocenters. The third-order valence-corrected chi connectivity index (χ3v) is 7.32. The number of halogens is 3. The van der Waals surface area contributed by atoms with Crippen molar-refractivity contribution in [3.05, 3.63) is 82.6 Å². The van der Waals surface area contributed by atoms with E-state index >= 15 is 0 Å². The molecule has 180 valence electrons. The largest absolute Gasteiger partial charge is 0.325 e. The highest BCUT2D eigenvalue weighted by molar-refractivity contribution is 7.92. The summed E-state index contributed by atoms with van der Waals surface area (Å²) < 4.78 is 66.1. The molecule has 3 rings (SSSR count). The highest BCUT2D eigenvalue weighted by Crippen LogP contribution is 2.25. The van der Waals surface area contributed by atoms with Gasteiger partial charge in [0.25, 0.3) is 10.0 Å². The Morgan fingerprint density at radius 1 is 0.912 bits per heavy atom. The van der Waals surface area contributed by atoms with E-state index in [0.717, 1.165) is 22.7 Å². The van der Waals surface area contributed by atoms with Crippen LogP contribution in [0.15, 0.2) is 71.6 Å². The number of hydrogen-bond donors (Lipinski definition) is 2. The summed E-state index contributed by atoms with van der Waals surface area (Å²) in [6.45, 7) is -0.612. The molecule has 0 aliphatic carbocycles. The summed E-state index contributed by atoms with van der Waals surface area (Å²) in [5, 5.41) is 2.99. The Morgan fingerprint density at radius 3 is 2.09 bits per heavy atom. The van der Waals surface area contributed by atoms with Crippen LogP contribution in [0.3, 0.4) is 0 Å². The number of rotatable bonds is 8. The highest BCUT2D eigenvalue weighted by atomic mass is 35.5. The first-order chi connectivity index (χ1) is 15.8. The second kappa shape index (κ2) is 10.2. The quantitative estimate of drug-likeness (QED) is 0.437. The van der Waals surface area contributed by atoms with Crippen molar-refractivity contribution < 1.29 is 26.0 Å². The molecule has 8 nitrogen and oxygen atoms in total. The number of benzene rings is 3. The number of anilines is 3. The van der Waals surface area contributed by atoms with Gasteiger partial charge in [0.1, 0.15) is 12.4 Å². The molecule has 0 aliphatic heterocycles. The van der Waals surface area contributed by atoms with Gasteiger partial charge in [0.15, 0.2) is 0 Å². The molecule has 0 aliphatic rings. The average molecular weight is 546 g/mol. The third kappa shape index (κ3) is 6.83. The van der Waals surface area contributed by atoms with Gasteiger partial charge in [-0.2, -0.15) is 0 Å². The molecule has 0 spiro atoms. The van der Waals surface area contributed by atoms with Crippen molar-refractivity contribution >= 4 is 66.2 Å². The van der Waals surface area contributed by atoms with E-state index in [0.29, 0.717) is 0 Å². The van der Waals surface area contributed by atoms with Gasteiger partial charge in [0.2, 0.25) is 15.9 Å². The number of amides is 1. The summed E-state index contributed by atoms with van der Waals surface area (Å²) in [4.78, 5) is 12.4. The Balaban J connectivity index is 1.72. The lowest BCUT2D eigenvalue weighted by Gasteiger charge is -2.22. The Hall–Kier alpha value is -2.86. The van der Waals surface area contributed by atoms with Gasteiger partial charge < -0.3 is 5.32 Å². The molecule has 0 radical (unpaired) electrons. The average Bonchev–Trinajstić information content (AvgIpc) is 2.70. The SMILES string of the molecule is CS(=O)(=O)N(CC(=O)Nc1ccc(S(=O)(=O)Nc2cc(Cl)cc(Cl)c2)cc1)c1cccc(F)c1. The van der Waals surface area contributed by atoms with E-state index in [1.54, 1.807) is 0 Å². The Bertz CT molecular complexity index is 1410. The summed E-state index contributed by atoms with van der Waals surface area (Å²) in [6, 6.07) is 14.3. The first kappa shape index (κ1) is 25.8. The Morgan fingerprint density at radius 2 is 1.53 bits per heavy atom. The number of nitrogens with one attached hydrogen (secondary N) is 2. The maximum atomic E-state index is 13.5. The molecule has 0 saturated carbocycles. The van der Waals surface area contributed by atoms with Crippen molar-refractivity contribution in [2.45, 2.75) is 4.90 Å². The molecule has 13 heteroatoms. The first-order valence-corrected chi connectivity index (χ1v) is 13.5. The lowest BCUT2D eigenvalue weighted by atomic mass is 10.3. The van der Waals surface area contributed by atoms with Crippen LogP contribution in [-0.2, 0) is 24.8 Å². The number of sulfonamides is 2. The molecule has 1 amide bonds. The number of nitrogens with zero attached hydrogens (tertiary/aromatic N) is 1. The van der Waals surface area contributed by atoms with E-state index in [-0.39, 0.29) is 32.0 Å². The van der Waals surface area contributed by atoms with E-state index in [1.165, 1.54) is 54.6 Å². The second-order valence-electron chi connectivity index (χ2n) is 7.09. The summed E-state index contributed by atoms with van der Waals surface area (Å²) in [5.41, 5.74) is 0.391. The minimum Gasteiger partial charge on any atom is -0.325 e. The van der Waals surface area contributed by atoms with E-state index in [1.807, 2.05) is 0 Å². The standard InChI is InChI=1S/C21H18Cl2FN3O5S2/c1-33(29,30)27(19-4-2-3-16(24)12-19)13-21(28)25-17-5-7-20(8-6-17)34(31,32)26-18-10-14(22)9-15(23)11-18/h2-12,26H,13H2,1H3,(H,25,28). The molecule has 34 heavy (non-hydrogen) atoms. The van der Waals surface area contributed by atoms with E-state index in [2.05, 4.69) is 10.0 Å². The highest BCUT2D eigenvalue weighted by Gasteiger charge is 2.22. The van der Waals surface area contributed by atoms with Crippen LogP contribution in [0.1, 0.15) is 0 Å². The maximum Gasteiger partial charge on any atom is 0.261 e. The lowest BCUT2D eigenvalue weighted by Crippen LogP contribution is -2.37. The zero-order valence-corrected chi connectivity index (χ0v) is 20.6. The van der Waals surface area contributed by atoms with Crippen molar-refractivity contribution in [3.63, 3.8) is 0 Å². The molecule has 3 aromatic carbocycles. The van der Waals surface area contributed by atoms with Crippen LogP contribution in [0.5, 0.6) is 0 Å². The summed E-state index contributed by atoms with van der Waals surface area (Å²) >= 11 is 11.8. The van der Waals surface area contributed by atoms with Crippen LogP contribution < -0.4 is 14.3 Å². The zero-order valence-electron chi connectivity index (χ0n) is 17.5. The van der Waals surface area contributed by atoms with Gasteiger partial charge in [-0.15, -0.1) is 0 Å². The number of carbonyl (C=O) groups excluding carboxylic acids is 1. The lowest BCUT2D eigenvalue weighted by molar-refractivity contribution is -0.114. The smallest absolute Gasteiger partial charge is 0.261 e. The van der Waals surface area contributed by atoms with E-state index < -0.39 is 38.3 Å². The Labute approximate surface area is 206 Å². The number of hydrogen-bond acceptors (Lipinski definition) is 5. The van der Waals surface area contributed by atoms with Gasteiger partial charge in [0, 0.05) is 15.7 Å². The van der Waals surface area contributed by atoms with Gasteiger partial charge in [-0.3, -0.25) is 13.8 Å². The zero-order chi connectivity index (χ0) is 25.1. The van der Waals surface area contributed by atoms with Gasteiger partial charge in [0.05, 0.1) is 22.5 Å². The van der Waals surface area contributed by atoms with Crippen LogP contribution in [0.4, 0.5) is 21.5 Å². The van der Waals surface area contributed by atoms with Crippen molar-refractivity contribution in [2.24, 2.45) is 0 Å². The molecule has 0 fully saturated rings. The summed E-state index contributed by atoms with van der Waals surface area (Å²) in [6.07, 6.45) is 0.894. The fraction of sp³-hybridized carbons (Fsp3) is 0.0952. The van der Waals surface area contributed by atoms with Crippen molar-refractivity contribution in [2.75, 3.05) is 27.1 Å². The molecular weight excluding hydrogens is 528 g/mol. The molecule has 0 unspecified atom stereocenters. The van der Waals surface area contributed by atoms with Gasteiger partial charge >= 0.3 is 0 Å². The maximum absolute atomic E-state index is 13.5. The topological polar surface area (TPSA) is 113 Å². The van der Waals surface area contributed by atoms with Crippen molar-refractivity contribution in [1.82, 2.24) is 0 Å². The van der Waals surface area contributed by atoms with E-state index in [9.17, 15) is 26.0 Å². The first-order valence-electron chi connectivity index (χ1n) is 9.45. The van der Waals surface area contributed by atoms with Gasteiger partial charge in [-0.05, 0) is 60.7 Å². The minimum atomic E-state index is -3.97. The molecule has 2 N–H and O–H groups in total. The van der Waals surface area contributed by atoms with Crippen molar-refractivity contribution in [1.29, 1.82) is 0 Å². The molecular formula is C21H18Cl2FN3O5S2. The Kier molecular flexibility index (Phi) is 7.71. The van der Waals surface area contributed by atoms with Crippen LogP contribution in [-0.4, -0.2) is 35.5 Å². The fourth-order valence-corrected chi connectivity index (χ4v) is 5.32. The summed E-state index contributed by atoms with van der Waals surface area (Å²) in [7, 11) is -7.86. The number of carbonyl (C=O) groups is 1. The molecule has 3 aromatic rings. The summed E-state index contributed by atoms with van der Waals surface area (Å²) in [5.74, 6) is -1.37. The van der Waals surface area contributed by atoms with Crippen LogP contribution in [0, 0.1) is 5.82 Å². The van der Waals surface area contributed by atoms with E-state index in [4.69, 9.17) is 23.2 Å². The van der Waals surface area contributed by atoms with Crippen molar-refractivity contribution in [3.8, 4) is 0 Å². The third-order valence-electron chi connectivity index (χ3n) is 4.35. The predicted octanol–water partition coefficient (Wildman–Crippen LogP) is 4.34. The van der Waals surface area contributed by atoms with Crippen LogP contribution in [0.2, 0.25) is 10.0 Å². The molecule has 0 saturated heterocycles. The monoisotopic (exact) mass is 545 g/mol. The van der Waals surface area contributed by atoms with Crippen LogP contribution >= 0.6 is 23.2 Å². The normalized spacial score (nSPS) is 11.6.